The summed E-state index contributed by atoms with van der Waals surface area (Å²) >= 11 is 5.75. The van der Waals surface area contributed by atoms with Crippen LogP contribution in [0.25, 0.3) is 6.08 Å². The molecule has 0 bridgehead atoms. The second-order valence-electron chi connectivity index (χ2n) is 3.04. The molecular weight excluding hydrogens is 257 g/mol. The summed E-state index contributed by atoms with van der Waals surface area (Å²) in [6.07, 6.45) is -0.715. The Labute approximate surface area is 101 Å². The Hall–Kier alpha value is -1.49. The molecule has 0 unspecified atom stereocenters. The van der Waals surface area contributed by atoms with Gasteiger partial charge < -0.3 is 9.53 Å². The van der Waals surface area contributed by atoms with E-state index < -0.39 is 6.36 Å². The fourth-order valence-electron chi connectivity index (χ4n) is 1.09. The minimum Gasteiger partial charge on any atom is -0.406 e. The van der Waals surface area contributed by atoms with Crippen molar-refractivity contribution in [2.75, 3.05) is 0 Å². The van der Waals surface area contributed by atoms with Crippen LogP contribution in [0.5, 0.6) is 5.75 Å². The molecule has 0 aliphatic heterocycles. The third-order valence-electron chi connectivity index (χ3n) is 1.74. The van der Waals surface area contributed by atoms with Crippen LogP contribution in [0.15, 0.2) is 24.3 Å². The molecule has 0 fully saturated rings. The summed E-state index contributed by atoms with van der Waals surface area (Å²) in [6, 6.07) is 3.60. The van der Waals surface area contributed by atoms with Crippen molar-refractivity contribution in [2.45, 2.75) is 12.8 Å². The number of allylic oxidation sites excluding steroid dienone is 1. The molecule has 0 aliphatic carbocycles. The van der Waals surface area contributed by atoms with Crippen molar-refractivity contribution in [3.05, 3.63) is 34.9 Å². The lowest BCUT2D eigenvalue weighted by atomic mass is 10.2. The van der Waals surface area contributed by atoms with Gasteiger partial charge in [-0.2, -0.15) is 0 Å². The van der Waals surface area contributed by atoms with E-state index in [1.54, 1.807) is 12.2 Å². The average molecular weight is 265 g/mol. The van der Waals surface area contributed by atoms with Crippen molar-refractivity contribution in [3.63, 3.8) is 0 Å². The second-order valence-corrected chi connectivity index (χ2v) is 3.44. The molecule has 0 aliphatic rings. The maximum Gasteiger partial charge on any atom is 0.573 e. The van der Waals surface area contributed by atoms with Crippen molar-refractivity contribution in [1.82, 2.24) is 0 Å². The van der Waals surface area contributed by atoms with Gasteiger partial charge in [0.15, 0.2) is 0 Å². The lowest BCUT2D eigenvalue weighted by Gasteiger charge is -2.09. The molecule has 2 nitrogen and oxygen atoms in total. The van der Waals surface area contributed by atoms with Gasteiger partial charge in [0, 0.05) is 6.42 Å². The number of ether oxygens (including phenoxy) is 1. The quantitative estimate of drug-likeness (QED) is 0.773. The van der Waals surface area contributed by atoms with Gasteiger partial charge in [0.05, 0.1) is 5.02 Å². The second kappa shape index (κ2) is 5.72. The zero-order valence-corrected chi connectivity index (χ0v) is 9.26. The fraction of sp³-hybridized carbons (Fsp3) is 0.182. The Bertz CT molecular complexity index is 427. The van der Waals surface area contributed by atoms with E-state index in [-0.39, 0.29) is 17.2 Å². The van der Waals surface area contributed by atoms with E-state index in [1.807, 2.05) is 0 Å². The van der Waals surface area contributed by atoms with E-state index in [1.165, 1.54) is 6.07 Å². The van der Waals surface area contributed by atoms with Crippen LogP contribution >= 0.6 is 11.6 Å². The molecule has 1 aromatic carbocycles. The van der Waals surface area contributed by atoms with Crippen LogP contribution in [0.3, 0.4) is 0 Å². The molecule has 0 N–H and O–H groups in total. The summed E-state index contributed by atoms with van der Waals surface area (Å²) in [5, 5.41) is 0.119. The third-order valence-corrected chi connectivity index (χ3v) is 2.06. The van der Waals surface area contributed by atoms with Crippen molar-refractivity contribution < 1.29 is 22.7 Å². The molecule has 17 heavy (non-hydrogen) atoms. The normalized spacial score (nSPS) is 11.8. The molecule has 92 valence electrons. The zero-order valence-electron chi connectivity index (χ0n) is 8.50. The van der Waals surface area contributed by atoms with Crippen LogP contribution in [-0.2, 0) is 4.79 Å². The first-order valence-corrected chi connectivity index (χ1v) is 4.95. The van der Waals surface area contributed by atoms with Crippen LogP contribution in [-0.4, -0.2) is 12.6 Å². The van der Waals surface area contributed by atoms with Gasteiger partial charge in [-0.15, -0.1) is 13.2 Å². The molecule has 0 spiro atoms. The van der Waals surface area contributed by atoms with Crippen LogP contribution in [0.2, 0.25) is 5.02 Å². The first-order chi connectivity index (χ1) is 7.92. The van der Waals surface area contributed by atoms with Gasteiger partial charge in [-0.05, 0) is 23.8 Å². The molecule has 1 aromatic rings. The Morgan fingerprint density at radius 3 is 2.59 bits per heavy atom. The number of aldehydes is 1. The van der Waals surface area contributed by atoms with Gasteiger partial charge in [-0.3, -0.25) is 0 Å². The van der Waals surface area contributed by atoms with Crippen LogP contribution in [0.4, 0.5) is 13.2 Å². The van der Waals surface area contributed by atoms with Gasteiger partial charge in [-0.1, -0.05) is 23.8 Å². The molecule has 0 radical (unpaired) electrons. The van der Waals surface area contributed by atoms with Crippen LogP contribution < -0.4 is 4.74 Å². The zero-order chi connectivity index (χ0) is 12.9. The maximum absolute atomic E-state index is 11.9. The predicted molar refractivity (Wildman–Crippen MR) is 57.9 cm³/mol. The lowest BCUT2D eigenvalue weighted by Crippen LogP contribution is -2.17. The third kappa shape index (κ3) is 4.91. The number of hydrogen-bond acceptors (Lipinski definition) is 2. The molecular formula is C11H8ClF3O2. The monoisotopic (exact) mass is 264 g/mol. The highest BCUT2D eigenvalue weighted by Gasteiger charge is 2.31. The van der Waals surface area contributed by atoms with E-state index >= 15 is 0 Å². The van der Waals surface area contributed by atoms with Crippen LogP contribution in [0, 0.1) is 0 Å². The van der Waals surface area contributed by atoms with Crippen LogP contribution in [0.1, 0.15) is 12.0 Å². The summed E-state index contributed by atoms with van der Waals surface area (Å²) in [5.74, 6) is -0.380. The Balaban J connectivity index is 2.82. The Morgan fingerprint density at radius 2 is 2.06 bits per heavy atom. The summed E-state index contributed by atoms with van der Waals surface area (Å²) in [4.78, 5) is 10.1. The SMILES string of the molecule is O=CC/C=C/c1ccc(OC(F)(F)F)cc1Cl. The van der Waals surface area contributed by atoms with E-state index in [0.717, 1.165) is 12.1 Å². The Morgan fingerprint density at radius 1 is 1.35 bits per heavy atom. The first kappa shape index (κ1) is 13.6. The number of carbonyl (C=O) groups is 1. The molecule has 0 saturated heterocycles. The van der Waals surface area contributed by atoms with E-state index in [4.69, 9.17) is 11.6 Å². The minimum atomic E-state index is -4.74. The topological polar surface area (TPSA) is 26.3 Å². The fourth-order valence-corrected chi connectivity index (χ4v) is 1.32. The number of benzene rings is 1. The minimum absolute atomic E-state index is 0.119. The largest absolute Gasteiger partial charge is 0.573 e. The molecule has 0 atom stereocenters. The molecule has 6 heteroatoms. The number of carbonyl (C=O) groups excluding carboxylic acids is 1. The first-order valence-electron chi connectivity index (χ1n) is 4.58. The summed E-state index contributed by atoms with van der Waals surface area (Å²) in [5.41, 5.74) is 0.517. The lowest BCUT2D eigenvalue weighted by molar-refractivity contribution is -0.274. The summed E-state index contributed by atoms with van der Waals surface area (Å²) in [6.45, 7) is 0. The highest BCUT2D eigenvalue weighted by molar-refractivity contribution is 6.32. The van der Waals surface area contributed by atoms with Crippen molar-refractivity contribution in [2.24, 2.45) is 0 Å². The Kier molecular flexibility index (Phi) is 4.57. The number of halogens is 4. The maximum atomic E-state index is 11.9. The summed E-state index contributed by atoms with van der Waals surface area (Å²) in [7, 11) is 0. The standard InChI is InChI=1S/C11H8ClF3O2/c12-10-7-9(17-11(13,14)15)5-4-8(10)3-1-2-6-16/h1,3-7H,2H2/b3-1+. The van der Waals surface area contributed by atoms with Gasteiger partial charge in [-0.25, -0.2) is 0 Å². The van der Waals surface area contributed by atoms with Gasteiger partial charge in [0.1, 0.15) is 12.0 Å². The molecule has 0 aromatic heterocycles. The highest BCUT2D eigenvalue weighted by Crippen LogP contribution is 2.28. The van der Waals surface area contributed by atoms with Crippen molar-refractivity contribution in [1.29, 1.82) is 0 Å². The summed E-state index contributed by atoms with van der Waals surface area (Å²) < 4.78 is 39.4. The van der Waals surface area contributed by atoms with Gasteiger partial charge in [0.25, 0.3) is 0 Å². The van der Waals surface area contributed by atoms with Gasteiger partial charge in [0.2, 0.25) is 0 Å². The average Bonchev–Trinajstić information content (AvgIpc) is 2.19. The predicted octanol–water partition coefficient (Wildman–Crippen LogP) is 3.84. The van der Waals surface area contributed by atoms with E-state index in [2.05, 4.69) is 4.74 Å². The number of alkyl halides is 3. The molecule has 0 amide bonds. The van der Waals surface area contributed by atoms with E-state index in [0.29, 0.717) is 11.8 Å². The molecule has 0 heterocycles. The highest BCUT2D eigenvalue weighted by atomic mass is 35.5. The molecule has 1 rings (SSSR count). The number of hydrogen-bond donors (Lipinski definition) is 0. The molecule has 0 saturated carbocycles. The smallest absolute Gasteiger partial charge is 0.406 e. The van der Waals surface area contributed by atoms with Crippen molar-refractivity contribution >= 4 is 24.0 Å². The van der Waals surface area contributed by atoms with E-state index in [9.17, 15) is 18.0 Å². The number of rotatable bonds is 4. The van der Waals surface area contributed by atoms with Gasteiger partial charge >= 0.3 is 6.36 Å². The van der Waals surface area contributed by atoms with Crippen molar-refractivity contribution in [3.8, 4) is 5.75 Å².